The van der Waals surface area contributed by atoms with Crippen molar-refractivity contribution in [3.8, 4) is 17.1 Å². The number of benzene rings is 1. The van der Waals surface area contributed by atoms with Gasteiger partial charge in [0.25, 0.3) is 5.56 Å². The number of ether oxygens (including phenoxy) is 10. The molecule has 8 rings (SSSR count). The molecule has 79 heavy (non-hydrogen) atoms. The molecule has 24 heteroatoms. The minimum absolute atomic E-state index is 0.0131. The molecule has 0 spiro atoms. The SMILES string of the molecule is CCc1c2c(nc3ccc(O)cc13)-c1cc3c(c(=O)n1C2)COC(=O)[C@@]3(CC)OC(=O)OCCOCCOCCOCCOCCOCCOCCOCCn1cc(CNC(=O)C2CCC(CN3C(=O)CC(C)C3=O)CC2)nn1. The molecule has 1 aromatic carbocycles. The number of carbonyl (C=O) groups is 5. The number of rotatable bonds is 32. The molecule has 0 radical (unpaired) electrons. The number of carbonyl (C=O) groups excluding carboxylic acids is 5. The highest BCUT2D eigenvalue weighted by Gasteiger charge is 2.51. The summed E-state index contributed by atoms with van der Waals surface area (Å²) >= 11 is 0. The van der Waals surface area contributed by atoms with Gasteiger partial charge >= 0.3 is 12.1 Å². The number of pyridine rings is 2. The molecule has 24 nitrogen and oxygen atoms in total. The predicted octanol–water partition coefficient (Wildman–Crippen LogP) is 3.73. The van der Waals surface area contributed by atoms with Gasteiger partial charge in [-0.2, -0.15) is 0 Å². The lowest BCUT2D eigenvalue weighted by Crippen LogP contribution is -2.47. The van der Waals surface area contributed by atoms with E-state index in [0.29, 0.717) is 121 Å². The number of phenols is 1. The monoisotopic (exact) mass is 1100 g/mol. The maximum Gasteiger partial charge on any atom is 0.509 e. The van der Waals surface area contributed by atoms with Crippen LogP contribution in [0.2, 0.25) is 0 Å². The van der Waals surface area contributed by atoms with E-state index < -0.39 is 17.7 Å². The molecular weight excluding hydrogens is 1030 g/mol. The molecule has 1 saturated heterocycles. The van der Waals surface area contributed by atoms with E-state index in [2.05, 4.69) is 15.6 Å². The lowest BCUT2D eigenvalue weighted by atomic mass is 9.81. The number of nitrogens with one attached hydrogen (secondary N) is 1. The smallest absolute Gasteiger partial charge is 0.508 e. The zero-order chi connectivity index (χ0) is 55.7. The molecule has 1 saturated carbocycles. The van der Waals surface area contributed by atoms with Crippen LogP contribution in [0.4, 0.5) is 4.79 Å². The van der Waals surface area contributed by atoms with E-state index in [1.165, 1.54) is 4.90 Å². The van der Waals surface area contributed by atoms with Crippen molar-refractivity contribution in [1.29, 1.82) is 0 Å². The molecule has 0 bridgehead atoms. The van der Waals surface area contributed by atoms with Crippen LogP contribution in [0.3, 0.4) is 0 Å². The lowest BCUT2D eigenvalue weighted by molar-refractivity contribution is -0.175. The first-order chi connectivity index (χ1) is 38.4. The summed E-state index contributed by atoms with van der Waals surface area (Å²) in [6.45, 7) is 11.5. The Labute approximate surface area is 457 Å². The fraction of sp³-hybridized carbons (Fsp3) is 0.618. The summed E-state index contributed by atoms with van der Waals surface area (Å²) in [5, 5.41) is 22.2. The van der Waals surface area contributed by atoms with Gasteiger partial charge in [0, 0.05) is 41.3 Å². The van der Waals surface area contributed by atoms with Crippen LogP contribution in [0.5, 0.6) is 5.75 Å². The molecule has 2 fully saturated rings. The summed E-state index contributed by atoms with van der Waals surface area (Å²) in [7, 11) is 0. The summed E-state index contributed by atoms with van der Waals surface area (Å²) in [4.78, 5) is 83.9. The zero-order valence-electron chi connectivity index (χ0n) is 45.4. The summed E-state index contributed by atoms with van der Waals surface area (Å²) < 4.78 is 58.6. The van der Waals surface area contributed by atoms with Gasteiger partial charge in [-0.15, -0.1) is 5.10 Å². The third kappa shape index (κ3) is 14.9. The van der Waals surface area contributed by atoms with Crippen LogP contribution in [0.15, 0.2) is 35.3 Å². The number of amides is 3. The minimum Gasteiger partial charge on any atom is -0.508 e. The zero-order valence-corrected chi connectivity index (χ0v) is 45.4. The summed E-state index contributed by atoms with van der Waals surface area (Å²) in [6, 6.07) is 6.64. The Morgan fingerprint density at radius 2 is 1.42 bits per heavy atom. The van der Waals surface area contributed by atoms with Gasteiger partial charge in [0.05, 0.1) is 141 Å². The van der Waals surface area contributed by atoms with E-state index in [1.54, 1.807) is 53.6 Å². The molecule has 6 heterocycles. The van der Waals surface area contributed by atoms with Gasteiger partial charge < -0.3 is 62.4 Å². The number of aryl methyl sites for hydroxylation is 1. The van der Waals surface area contributed by atoms with Crippen LogP contribution in [0.1, 0.15) is 87.2 Å². The maximum atomic E-state index is 14.0. The molecule has 2 N–H and O–H groups in total. The van der Waals surface area contributed by atoms with Crippen LogP contribution in [0, 0.1) is 17.8 Å². The average Bonchev–Trinajstić information content (AvgIpc) is 4.20. The van der Waals surface area contributed by atoms with Crippen molar-refractivity contribution in [3.63, 3.8) is 0 Å². The number of aromatic hydroxyl groups is 1. The number of imide groups is 1. The molecule has 1 aliphatic carbocycles. The van der Waals surface area contributed by atoms with Crippen LogP contribution >= 0.6 is 0 Å². The summed E-state index contributed by atoms with van der Waals surface area (Å²) in [5.74, 6) is -0.956. The third-order valence-corrected chi connectivity index (χ3v) is 14.7. The average molecular weight is 1100 g/mol. The van der Waals surface area contributed by atoms with Gasteiger partial charge in [-0.1, -0.05) is 26.0 Å². The standard InChI is InChI=1S/C55H73N7O17/c1-4-41-42-29-40(63)10-11-46(42)57-49-43(41)34-61-47(49)30-45-44(52(61)67)35-78-53(68)55(45,5-2)79-54(69)77-27-26-76-25-24-75-23-22-74-21-20-73-19-18-72-17-16-71-15-14-70-13-12-60-33-39(58-59-60)31-56-50(65)38-8-6-37(7-9-38)32-62-48(64)28-36(3)51(62)66/h10-11,29-30,33,36-38,63H,4-9,12-28,31-32,34-35H2,1-3H3,(H,56,65)/t36?,37?,38?,55-/m0/s1. The number of aromatic nitrogens is 5. The van der Waals surface area contributed by atoms with E-state index in [1.807, 2.05) is 6.92 Å². The predicted molar refractivity (Wildman–Crippen MR) is 279 cm³/mol. The number of hydrogen-bond donors (Lipinski definition) is 2. The number of esters is 1. The van der Waals surface area contributed by atoms with Crippen LogP contribution in [0.25, 0.3) is 22.3 Å². The first kappa shape index (κ1) is 58.7. The van der Waals surface area contributed by atoms with Crippen molar-refractivity contribution in [2.24, 2.45) is 17.8 Å². The fourth-order valence-electron chi connectivity index (χ4n) is 10.4. The highest BCUT2D eigenvalue weighted by molar-refractivity contribution is 6.03. The Morgan fingerprint density at radius 1 is 0.797 bits per heavy atom. The maximum absolute atomic E-state index is 14.0. The van der Waals surface area contributed by atoms with E-state index in [-0.39, 0.29) is 110 Å². The van der Waals surface area contributed by atoms with Crippen molar-refractivity contribution in [1.82, 2.24) is 34.8 Å². The molecule has 2 atom stereocenters. The Kier molecular flexibility index (Phi) is 21.3. The van der Waals surface area contributed by atoms with Crippen molar-refractivity contribution >= 4 is 40.7 Å². The molecule has 1 unspecified atom stereocenters. The van der Waals surface area contributed by atoms with Crippen LogP contribution in [-0.4, -0.2) is 170 Å². The molecule has 3 aromatic heterocycles. The van der Waals surface area contributed by atoms with E-state index in [0.717, 1.165) is 42.2 Å². The Balaban J connectivity index is 0.583. The second kappa shape index (κ2) is 28.6. The molecule has 430 valence electrons. The Morgan fingerprint density at radius 3 is 2.01 bits per heavy atom. The van der Waals surface area contributed by atoms with Crippen LogP contribution < -0.4 is 10.9 Å². The molecule has 4 aliphatic rings. The molecular formula is C55H73N7O17. The number of fused-ring (bicyclic) bond motifs is 5. The third-order valence-electron chi connectivity index (χ3n) is 14.7. The molecule has 3 aliphatic heterocycles. The highest BCUT2D eigenvalue weighted by Crippen LogP contribution is 2.42. The minimum atomic E-state index is -1.92. The first-order valence-electron chi connectivity index (χ1n) is 27.4. The first-order valence-corrected chi connectivity index (χ1v) is 27.4. The van der Waals surface area contributed by atoms with Crippen molar-refractivity contribution in [2.75, 3.05) is 106 Å². The van der Waals surface area contributed by atoms with E-state index in [4.69, 9.17) is 52.4 Å². The van der Waals surface area contributed by atoms with Crippen LogP contribution in [-0.2, 0) is 105 Å². The van der Waals surface area contributed by atoms with Crippen molar-refractivity contribution in [3.05, 3.63) is 68.8 Å². The van der Waals surface area contributed by atoms with Gasteiger partial charge in [0.1, 0.15) is 24.7 Å². The van der Waals surface area contributed by atoms with Crippen molar-refractivity contribution in [2.45, 2.75) is 97.6 Å². The number of phenolic OH excluding ortho intramolecular Hbond substituents is 1. The van der Waals surface area contributed by atoms with E-state index in [9.17, 15) is 33.9 Å². The Bertz CT molecular complexity index is 2810. The largest absolute Gasteiger partial charge is 0.509 e. The highest BCUT2D eigenvalue weighted by atomic mass is 16.7. The van der Waals surface area contributed by atoms with Crippen molar-refractivity contribution < 1.29 is 76.4 Å². The lowest BCUT2D eigenvalue weighted by Gasteiger charge is -2.35. The molecule has 3 amide bonds. The van der Waals surface area contributed by atoms with Gasteiger partial charge in [-0.3, -0.25) is 24.1 Å². The number of cyclic esters (lactones) is 1. The van der Waals surface area contributed by atoms with Gasteiger partial charge in [0.15, 0.2) is 0 Å². The quantitative estimate of drug-likeness (QED) is 0.0352. The van der Waals surface area contributed by atoms with Gasteiger partial charge in [-0.25, -0.2) is 19.3 Å². The number of likely N-dealkylation sites (tertiary alicyclic amines) is 1. The van der Waals surface area contributed by atoms with Gasteiger partial charge in [0.2, 0.25) is 23.3 Å². The summed E-state index contributed by atoms with van der Waals surface area (Å²) in [5.41, 5.74) is 2.37. The molecule has 4 aromatic rings. The number of hydrogen-bond acceptors (Lipinski definition) is 20. The second-order valence-electron chi connectivity index (χ2n) is 19.9. The van der Waals surface area contributed by atoms with E-state index >= 15 is 0 Å². The second-order valence-corrected chi connectivity index (χ2v) is 19.9. The number of nitrogens with zero attached hydrogens (tertiary/aromatic N) is 6. The fourth-order valence-corrected chi connectivity index (χ4v) is 10.4. The topological polar surface area (TPSA) is 279 Å². The van der Waals surface area contributed by atoms with Gasteiger partial charge in [-0.05, 0) is 74.3 Å². The Hall–Kier alpha value is -6.41. The summed E-state index contributed by atoms with van der Waals surface area (Å²) in [6.07, 6.45) is 4.66. The normalized spacial score (nSPS) is 19.6.